The van der Waals surface area contributed by atoms with Crippen molar-refractivity contribution >= 4 is 5.97 Å². The van der Waals surface area contributed by atoms with Crippen LogP contribution in [0.15, 0.2) is 12.2 Å². The molecule has 0 spiro atoms. The molecule has 0 amide bonds. The van der Waals surface area contributed by atoms with Crippen molar-refractivity contribution in [1.82, 2.24) is 0 Å². The number of hydrogen-bond donors (Lipinski definition) is 0. The molecule has 0 unspecified atom stereocenters. The van der Waals surface area contributed by atoms with Gasteiger partial charge in [0, 0.05) is 12.8 Å². The van der Waals surface area contributed by atoms with E-state index in [2.05, 4.69) is 13.5 Å². The van der Waals surface area contributed by atoms with E-state index in [4.69, 9.17) is 4.74 Å². The van der Waals surface area contributed by atoms with Crippen LogP contribution >= 0.6 is 0 Å². The van der Waals surface area contributed by atoms with Gasteiger partial charge in [-0.2, -0.15) is 0 Å². The zero-order valence-corrected chi connectivity index (χ0v) is 9.38. The number of hydrogen-bond acceptors (Lipinski definition) is 2. The van der Waals surface area contributed by atoms with Gasteiger partial charge in [0.1, 0.15) is 6.10 Å². The van der Waals surface area contributed by atoms with Crippen LogP contribution in [0.25, 0.3) is 0 Å². The zero-order valence-electron chi connectivity index (χ0n) is 9.38. The van der Waals surface area contributed by atoms with Crippen molar-refractivity contribution in [2.75, 3.05) is 0 Å². The van der Waals surface area contributed by atoms with E-state index < -0.39 is 0 Å². The second-order valence-electron chi connectivity index (χ2n) is 4.52. The fourth-order valence-corrected chi connectivity index (χ4v) is 2.24. The first-order valence-corrected chi connectivity index (χ1v) is 5.33. The monoisotopic (exact) mass is 196 g/mol. The fourth-order valence-electron chi connectivity index (χ4n) is 2.24. The van der Waals surface area contributed by atoms with Crippen LogP contribution in [0.5, 0.6) is 0 Å². The first-order valence-electron chi connectivity index (χ1n) is 5.33. The molecule has 1 aliphatic carbocycles. The molecular weight excluding hydrogens is 176 g/mol. The molecular formula is C12H20O2. The van der Waals surface area contributed by atoms with E-state index in [1.54, 1.807) is 0 Å². The van der Waals surface area contributed by atoms with Gasteiger partial charge in [0.15, 0.2) is 0 Å². The van der Waals surface area contributed by atoms with Crippen LogP contribution in [0.4, 0.5) is 0 Å². The van der Waals surface area contributed by atoms with Gasteiger partial charge in [-0.15, -0.1) is 0 Å². The van der Waals surface area contributed by atoms with Crippen LogP contribution in [0.3, 0.4) is 0 Å². The molecule has 1 saturated carbocycles. The van der Waals surface area contributed by atoms with Gasteiger partial charge in [0.2, 0.25) is 0 Å². The lowest BCUT2D eigenvalue weighted by Gasteiger charge is -2.34. The summed E-state index contributed by atoms with van der Waals surface area (Å²) < 4.78 is 5.34. The Hall–Kier alpha value is -0.790. The summed E-state index contributed by atoms with van der Waals surface area (Å²) in [4.78, 5) is 10.9. The maximum Gasteiger partial charge on any atom is 0.302 e. The lowest BCUT2D eigenvalue weighted by atomic mass is 9.78. The summed E-state index contributed by atoms with van der Waals surface area (Å²) in [7, 11) is 0. The van der Waals surface area contributed by atoms with Gasteiger partial charge in [0.25, 0.3) is 0 Å². The lowest BCUT2D eigenvalue weighted by molar-refractivity contribution is -0.150. The predicted octanol–water partition coefficient (Wildman–Crippen LogP) is 2.93. The Kier molecular flexibility index (Phi) is 3.73. The first kappa shape index (κ1) is 11.3. The van der Waals surface area contributed by atoms with Crippen molar-refractivity contribution in [2.45, 2.75) is 46.1 Å². The summed E-state index contributed by atoms with van der Waals surface area (Å²) >= 11 is 0. The molecule has 1 fully saturated rings. The third-order valence-electron chi connectivity index (χ3n) is 3.00. The van der Waals surface area contributed by atoms with E-state index >= 15 is 0 Å². The zero-order chi connectivity index (χ0) is 10.7. The first-order chi connectivity index (χ1) is 6.50. The lowest BCUT2D eigenvalue weighted by Crippen LogP contribution is -2.32. The Morgan fingerprint density at radius 3 is 2.50 bits per heavy atom. The van der Waals surface area contributed by atoms with Gasteiger partial charge in [0.05, 0.1) is 0 Å². The van der Waals surface area contributed by atoms with Gasteiger partial charge in [-0.25, -0.2) is 0 Å². The van der Waals surface area contributed by atoms with Crippen molar-refractivity contribution in [3.8, 4) is 0 Å². The van der Waals surface area contributed by atoms with E-state index in [0.29, 0.717) is 11.8 Å². The van der Waals surface area contributed by atoms with E-state index in [9.17, 15) is 4.79 Å². The smallest absolute Gasteiger partial charge is 0.302 e. The Morgan fingerprint density at radius 1 is 1.36 bits per heavy atom. The quantitative estimate of drug-likeness (QED) is 0.501. The summed E-state index contributed by atoms with van der Waals surface area (Å²) in [5.74, 6) is 0.861. The molecule has 0 radical (unpaired) electrons. The molecule has 2 nitrogen and oxygen atoms in total. The van der Waals surface area contributed by atoms with Crippen molar-refractivity contribution < 1.29 is 9.53 Å². The van der Waals surface area contributed by atoms with Gasteiger partial charge in [-0.05, 0) is 32.1 Å². The Balaban J connectivity index is 2.63. The molecule has 0 heterocycles. The van der Waals surface area contributed by atoms with E-state index in [-0.39, 0.29) is 12.1 Å². The van der Waals surface area contributed by atoms with Crippen molar-refractivity contribution in [3.63, 3.8) is 0 Å². The molecule has 0 aromatic carbocycles. The van der Waals surface area contributed by atoms with Gasteiger partial charge < -0.3 is 4.74 Å². The molecule has 1 rings (SSSR count). The summed E-state index contributed by atoms with van der Waals surface area (Å²) in [5.41, 5.74) is 1.14. The summed E-state index contributed by atoms with van der Waals surface area (Å²) in [6.07, 6.45) is 3.37. The van der Waals surface area contributed by atoms with Crippen LogP contribution in [0, 0.1) is 11.8 Å². The molecule has 2 heteroatoms. The molecule has 0 N–H and O–H groups in total. The molecule has 3 atom stereocenters. The van der Waals surface area contributed by atoms with Crippen molar-refractivity contribution in [1.29, 1.82) is 0 Å². The van der Waals surface area contributed by atoms with Gasteiger partial charge >= 0.3 is 5.97 Å². The number of rotatable bonds is 2. The molecule has 0 aliphatic heterocycles. The topological polar surface area (TPSA) is 26.3 Å². The van der Waals surface area contributed by atoms with Gasteiger partial charge in [-0.1, -0.05) is 19.1 Å². The largest absolute Gasteiger partial charge is 0.462 e. The predicted molar refractivity (Wildman–Crippen MR) is 56.9 cm³/mol. The highest BCUT2D eigenvalue weighted by atomic mass is 16.5. The van der Waals surface area contributed by atoms with E-state index in [1.165, 1.54) is 13.3 Å². The molecule has 0 bridgehead atoms. The van der Waals surface area contributed by atoms with Gasteiger partial charge in [-0.3, -0.25) is 4.79 Å². The molecule has 80 valence electrons. The minimum Gasteiger partial charge on any atom is -0.462 e. The maximum atomic E-state index is 10.9. The second-order valence-corrected chi connectivity index (χ2v) is 4.52. The SMILES string of the molecule is C=C(C)[C@@H]1CC[C@@H](C)C[C@H]1OC(C)=O. The third kappa shape index (κ3) is 2.86. The Bertz CT molecular complexity index is 232. The second kappa shape index (κ2) is 4.63. The average Bonchev–Trinajstić information content (AvgIpc) is 2.01. The fraction of sp³-hybridized carbons (Fsp3) is 0.750. The average molecular weight is 196 g/mol. The number of carbonyl (C=O) groups is 1. The number of ether oxygens (including phenoxy) is 1. The maximum absolute atomic E-state index is 10.9. The van der Waals surface area contributed by atoms with Crippen LogP contribution in [-0.2, 0) is 9.53 Å². The molecule has 0 saturated heterocycles. The molecule has 0 aromatic rings. The van der Waals surface area contributed by atoms with Crippen LogP contribution in [0.1, 0.15) is 40.0 Å². The minimum atomic E-state index is -0.171. The van der Waals surface area contributed by atoms with Crippen molar-refractivity contribution in [2.24, 2.45) is 11.8 Å². The minimum absolute atomic E-state index is 0.0637. The van der Waals surface area contributed by atoms with Crippen LogP contribution in [0.2, 0.25) is 0 Å². The summed E-state index contributed by atoms with van der Waals surface area (Å²) in [6, 6.07) is 0. The van der Waals surface area contributed by atoms with E-state index in [1.807, 2.05) is 6.92 Å². The van der Waals surface area contributed by atoms with Crippen molar-refractivity contribution in [3.05, 3.63) is 12.2 Å². The Labute approximate surface area is 86.3 Å². The normalized spacial score (nSPS) is 32.4. The highest BCUT2D eigenvalue weighted by molar-refractivity contribution is 5.66. The van der Waals surface area contributed by atoms with Crippen LogP contribution in [-0.4, -0.2) is 12.1 Å². The van der Waals surface area contributed by atoms with E-state index in [0.717, 1.165) is 18.4 Å². The summed E-state index contributed by atoms with van der Waals surface area (Å²) in [6.45, 7) is 9.69. The Morgan fingerprint density at radius 2 is 2.00 bits per heavy atom. The standard InChI is InChI=1S/C12H20O2/c1-8(2)11-6-5-9(3)7-12(11)14-10(4)13/h9,11-12H,1,5-7H2,2-4H3/t9-,11+,12-/m1/s1. The highest BCUT2D eigenvalue weighted by Gasteiger charge is 2.31. The molecule has 0 aromatic heterocycles. The number of carbonyl (C=O) groups excluding carboxylic acids is 1. The molecule has 1 aliphatic rings. The summed E-state index contributed by atoms with van der Waals surface area (Å²) in [5, 5.41) is 0. The van der Waals surface area contributed by atoms with Crippen LogP contribution < -0.4 is 0 Å². The number of esters is 1. The molecule has 14 heavy (non-hydrogen) atoms. The highest BCUT2D eigenvalue weighted by Crippen LogP contribution is 2.34. The third-order valence-corrected chi connectivity index (χ3v) is 3.00.